The summed E-state index contributed by atoms with van der Waals surface area (Å²) in [6.45, 7) is 5.70. The van der Waals surface area contributed by atoms with E-state index in [4.69, 9.17) is 0 Å². The Morgan fingerprint density at radius 3 is 2.59 bits per heavy atom. The normalized spacial score (nSPS) is 20.7. The minimum absolute atomic E-state index is 0.0925. The molecule has 2 aromatic rings. The zero-order chi connectivity index (χ0) is 20.1. The number of aryl methyl sites for hydroxylation is 2. The van der Waals surface area contributed by atoms with Crippen LogP contribution in [0.5, 0.6) is 0 Å². The van der Waals surface area contributed by atoms with Crippen molar-refractivity contribution in [2.75, 3.05) is 31.1 Å². The van der Waals surface area contributed by atoms with Crippen molar-refractivity contribution in [1.82, 2.24) is 14.9 Å². The minimum atomic E-state index is 0.0925. The molecular weight excluding hydrogens is 360 g/mol. The molecule has 2 fully saturated rings. The van der Waals surface area contributed by atoms with Crippen molar-refractivity contribution >= 4 is 11.7 Å². The van der Waals surface area contributed by atoms with Gasteiger partial charge in [0.05, 0.1) is 12.1 Å². The first-order valence-electron chi connectivity index (χ1n) is 11.0. The summed E-state index contributed by atoms with van der Waals surface area (Å²) in [6, 6.07) is 8.90. The van der Waals surface area contributed by atoms with Gasteiger partial charge in [-0.25, -0.2) is 4.98 Å². The molecule has 0 bridgehead atoms. The number of carbonyl (C=O) groups is 1. The van der Waals surface area contributed by atoms with Gasteiger partial charge < -0.3 is 9.80 Å². The van der Waals surface area contributed by atoms with Crippen LogP contribution in [-0.2, 0) is 11.2 Å². The highest BCUT2D eigenvalue weighted by atomic mass is 16.2. The van der Waals surface area contributed by atoms with Gasteiger partial charge in [-0.3, -0.25) is 9.78 Å². The van der Waals surface area contributed by atoms with E-state index in [9.17, 15) is 4.79 Å². The number of hydrogen-bond donors (Lipinski definition) is 0. The van der Waals surface area contributed by atoms with Crippen LogP contribution >= 0.6 is 0 Å². The van der Waals surface area contributed by atoms with E-state index < -0.39 is 0 Å². The Labute approximate surface area is 174 Å². The van der Waals surface area contributed by atoms with Crippen LogP contribution in [0, 0.1) is 18.8 Å². The molecule has 2 aliphatic rings. The monoisotopic (exact) mass is 392 g/mol. The lowest BCUT2D eigenvalue weighted by molar-refractivity contribution is -0.137. The number of benzene rings is 1. The lowest BCUT2D eigenvalue weighted by atomic mass is 9.89. The molecule has 0 spiro atoms. The van der Waals surface area contributed by atoms with Crippen LogP contribution in [0.2, 0.25) is 0 Å². The summed E-state index contributed by atoms with van der Waals surface area (Å²) in [5.41, 5.74) is 2.75. The van der Waals surface area contributed by atoms with E-state index >= 15 is 0 Å². The Bertz CT molecular complexity index is 784. The van der Waals surface area contributed by atoms with Gasteiger partial charge in [-0.2, -0.15) is 0 Å². The molecule has 5 nitrogen and oxygen atoms in total. The van der Waals surface area contributed by atoms with Crippen LogP contribution in [0.15, 0.2) is 42.9 Å². The number of hydrogen-bond acceptors (Lipinski definition) is 4. The fourth-order valence-corrected chi connectivity index (χ4v) is 4.67. The molecule has 0 aliphatic carbocycles. The largest absolute Gasteiger partial charge is 0.355 e. The number of anilines is 1. The van der Waals surface area contributed by atoms with Gasteiger partial charge in [0.1, 0.15) is 5.82 Å². The highest BCUT2D eigenvalue weighted by Gasteiger charge is 2.31. The molecule has 29 heavy (non-hydrogen) atoms. The third-order valence-electron chi connectivity index (χ3n) is 6.53. The van der Waals surface area contributed by atoms with Crippen LogP contribution in [0.4, 0.5) is 5.82 Å². The van der Waals surface area contributed by atoms with Gasteiger partial charge in [0.15, 0.2) is 0 Å². The summed E-state index contributed by atoms with van der Waals surface area (Å²) >= 11 is 0. The number of piperidine rings is 2. The summed E-state index contributed by atoms with van der Waals surface area (Å²) in [4.78, 5) is 26.0. The summed E-state index contributed by atoms with van der Waals surface area (Å²) in [5, 5.41) is 0. The van der Waals surface area contributed by atoms with Gasteiger partial charge in [-0.1, -0.05) is 29.8 Å². The fourth-order valence-electron chi connectivity index (χ4n) is 4.67. The first kappa shape index (κ1) is 19.9. The number of rotatable bonds is 5. The molecule has 2 saturated heterocycles. The molecular formula is C24H32N4O. The molecule has 3 heterocycles. The van der Waals surface area contributed by atoms with Crippen molar-refractivity contribution in [3.63, 3.8) is 0 Å². The van der Waals surface area contributed by atoms with Gasteiger partial charge in [0.25, 0.3) is 0 Å². The SMILES string of the molecule is Cc1ccc(CCC2CCN(C(=O)C3CCCN(c4cnccn4)C3)CC2)cc1. The van der Waals surface area contributed by atoms with E-state index in [1.54, 1.807) is 18.6 Å². The van der Waals surface area contributed by atoms with Gasteiger partial charge >= 0.3 is 0 Å². The Morgan fingerprint density at radius 2 is 1.86 bits per heavy atom. The Morgan fingerprint density at radius 1 is 1.07 bits per heavy atom. The molecule has 154 valence electrons. The Balaban J connectivity index is 1.25. The third-order valence-corrected chi connectivity index (χ3v) is 6.53. The van der Waals surface area contributed by atoms with E-state index in [0.29, 0.717) is 5.91 Å². The van der Waals surface area contributed by atoms with Crippen molar-refractivity contribution in [2.45, 2.75) is 45.4 Å². The summed E-state index contributed by atoms with van der Waals surface area (Å²) < 4.78 is 0. The van der Waals surface area contributed by atoms with Crippen molar-refractivity contribution in [3.05, 3.63) is 54.0 Å². The predicted octanol–water partition coefficient (Wildman–Crippen LogP) is 3.87. The van der Waals surface area contributed by atoms with E-state index in [-0.39, 0.29) is 5.92 Å². The molecule has 2 aliphatic heterocycles. The topological polar surface area (TPSA) is 49.3 Å². The van der Waals surface area contributed by atoms with Crippen LogP contribution in [0.3, 0.4) is 0 Å². The van der Waals surface area contributed by atoms with Crippen molar-refractivity contribution in [2.24, 2.45) is 11.8 Å². The number of nitrogens with zero attached hydrogens (tertiary/aromatic N) is 4. The molecule has 0 saturated carbocycles. The zero-order valence-corrected chi connectivity index (χ0v) is 17.5. The molecule has 4 rings (SSSR count). The standard InChI is InChI=1S/C24H32N4O/c1-19-4-6-20(7-5-19)8-9-21-10-15-27(16-11-21)24(29)22-3-2-14-28(18-22)23-17-25-12-13-26-23/h4-7,12-13,17,21-22H,2-3,8-11,14-16,18H2,1H3. The molecule has 5 heteroatoms. The third kappa shape index (κ3) is 5.14. The van der Waals surface area contributed by atoms with Crippen molar-refractivity contribution in [3.8, 4) is 0 Å². The van der Waals surface area contributed by atoms with E-state index in [1.807, 2.05) is 0 Å². The number of aromatic nitrogens is 2. The molecule has 1 amide bonds. The quantitative estimate of drug-likeness (QED) is 0.775. The van der Waals surface area contributed by atoms with Crippen molar-refractivity contribution < 1.29 is 4.79 Å². The van der Waals surface area contributed by atoms with Crippen molar-refractivity contribution in [1.29, 1.82) is 0 Å². The smallest absolute Gasteiger partial charge is 0.227 e. The van der Waals surface area contributed by atoms with Crippen LogP contribution in [0.25, 0.3) is 0 Å². The van der Waals surface area contributed by atoms with E-state index in [2.05, 4.69) is 51.0 Å². The Kier molecular flexibility index (Phi) is 6.43. The van der Waals surface area contributed by atoms with E-state index in [1.165, 1.54) is 17.5 Å². The summed E-state index contributed by atoms with van der Waals surface area (Å²) in [5.74, 6) is 2.06. The minimum Gasteiger partial charge on any atom is -0.355 e. The van der Waals surface area contributed by atoms with E-state index in [0.717, 1.165) is 70.0 Å². The molecule has 1 atom stereocenters. The zero-order valence-electron chi connectivity index (χ0n) is 17.5. The maximum atomic E-state index is 13.1. The van der Waals surface area contributed by atoms with Crippen LogP contribution in [-0.4, -0.2) is 47.0 Å². The second-order valence-electron chi connectivity index (χ2n) is 8.64. The average molecular weight is 393 g/mol. The van der Waals surface area contributed by atoms with Crippen LogP contribution < -0.4 is 4.90 Å². The number of carbonyl (C=O) groups excluding carboxylic acids is 1. The highest BCUT2D eigenvalue weighted by Crippen LogP contribution is 2.27. The molecule has 0 N–H and O–H groups in total. The Hall–Kier alpha value is -2.43. The predicted molar refractivity (Wildman–Crippen MR) is 116 cm³/mol. The molecule has 1 aromatic carbocycles. The lowest BCUT2D eigenvalue weighted by Crippen LogP contribution is -2.47. The van der Waals surface area contributed by atoms with Gasteiger partial charge in [-0.15, -0.1) is 0 Å². The maximum Gasteiger partial charge on any atom is 0.227 e. The van der Waals surface area contributed by atoms with Gasteiger partial charge in [0, 0.05) is 38.6 Å². The lowest BCUT2D eigenvalue weighted by Gasteiger charge is -2.38. The fraction of sp³-hybridized carbons (Fsp3) is 0.542. The first-order chi connectivity index (χ1) is 14.2. The second-order valence-corrected chi connectivity index (χ2v) is 8.64. The number of likely N-dealkylation sites (tertiary alicyclic amines) is 1. The number of amides is 1. The highest BCUT2D eigenvalue weighted by molar-refractivity contribution is 5.79. The molecule has 1 unspecified atom stereocenters. The van der Waals surface area contributed by atoms with Gasteiger partial charge in [0.2, 0.25) is 5.91 Å². The summed E-state index contributed by atoms with van der Waals surface area (Å²) in [6.07, 6.45) is 11.9. The van der Waals surface area contributed by atoms with Crippen LogP contribution in [0.1, 0.15) is 43.2 Å². The second kappa shape index (κ2) is 9.38. The molecule has 1 aromatic heterocycles. The summed E-state index contributed by atoms with van der Waals surface area (Å²) in [7, 11) is 0. The van der Waals surface area contributed by atoms with Gasteiger partial charge in [-0.05, 0) is 56.9 Å². The maximum absolute atomic E-state index is 13.1. The average Bonchev–Trinajstić information content (AvgIpc) is 2.79. The molecule has 0 radical (unpaired) electrons. The first-order valence-corrected chi connectivity index (χ1v) is 11.0.